The van der Waals surface area contributed by atoms with E-state index in [2.05, 4.69) is 16.0 Å². The van der Waals surface area contributed by atoms with Crippen LogP contribution < -0.4 is 4.90 Å². The summed E-state index contributed by atoms with van der Waals surface area (Å²) in [5, 5.41) is 9.31. The number of aromatic nitrogens is 2. The van der Waals surface area contributed by atoms with Crippen LogP contribution in [0.5, 0.6) is 0 Å². The van der Waals surface area contributed by atoms with Gasteiger partial charge in [-0.3, -0.25) is 0 Å². The number of hydrogen-bond donors (Lipinski definition) is 0. The van der Waals surface area contributed by atoms with Gasteiger partial charge >= 0.3 is 0 Å². The van der Waals surface area contributed by atoms with Gasteiger partial charge in [-0.15, -0.1) is 0 Å². The van der Waals surface area contributed by atoms with Crippen molar-refractivity contribution in [2.75, 3.05) is 18.5 Å². The fourth-order valence-corrected chi connectivity index (χ4v) is 2.81. The first-order valence-corrected chi connectivity index (χ1v) is 7.73. The third kappa shape index (κ3) is 3.13. The molecule has 1 aromatic carbocycles. The molecule has 0 spiro atoms. The first kappa shape index (κ1) is 15.7. The van der Waals surface area contributed by atoms with Gasteiger partial charge in [-0.1, -0.05) is 6.07 Å². The number of hydrogen-bond acceptors (Lipinski definition) is 4. The maximum absolute atomic E-state index is 14.5. The highest BCUT2D eigenvalue weighted by atomic mass is 35.5. The molecule has 6 heteroatoms. The molecule has 118 valence electrons. The Bertz CT molecular complexity index is 796. The Morgan fingerprint density at radius 2 is 2.17 bits per heavy atom. The van der Waals surface area contributed by atoms with E-state index in [1.807, 2.05) is 20.0 Å². The lowest BCUT2D eigenvalue weighted by Crippen LogP contribution is -2.26. The van der Waals surface area contributed by atoms with Gasteiger partial charge in [-0.2, -0.15) is 5.26 Å². The molecule has 23 heavy (non-hydrogen) atoms. The van der Waals surface area contributed by atoms with E-state index in [-0.39, 0.29) is 16.5 Å². The van der Waals surface area contributed by atoms with Crippen LogP contribution in [-0.4, -0.2) is 23.6 Å². The van der Waals surface area contributed by atoms with Crippen molar-refractivity contribution in [2.24, 2.45) is 5.41 Å². The smallest absolute Gasteiger partial charge is 0.222 e. The Labute approximate surface area is 139 Å². The SMILES string of the molecule is Cc1cnc(Cl)nc1-c1ccc(N(C)CC2(C#N)CC2)c(F)c1. The number of halogens is 2. The van der Waals surface area contributed by atoms with E-state index >= 15 is 0 Å². The number of nitriles is 1. The Balaban J connectivity index is 1.89. The van der Waals surface area contributed by atoms with E-state index in [1.54, 1.807) is 17.2 Å². The lowest BCUT2D eigenvalue weighted by molar-refractivity contribution is 0.603. The van der Waals surface area contributed by atoms with E-state index in [0.717, 1.165) is 18.4 Å². The Kier molecular flexibility index (Phi) is 3.95. The summed E-state index contributed by atoms with van der Waals surface area (Å²) in [6.45, 7) is 2.39. The molecule has 1 fully saturated rings. The summed E-state index contributed by atoms with van der Waals surface area (Å²) in [6.07, 6.45) is 3.38. The number of aryl methyl sites for hydroxylation is 1. The number of anilines is 1. The molecule has 0 aliphatic heterocycles. The zero-order valence-electron chi connectivity index (χ0n) is 13.0. The molecule has 0 atom stereocenters. The molecule has 0 N–H and O–H groups in total. The summed E-state index contributed by atoms with van der Waals surface area (Å²) in [7, 11) is 1.81. The molecular weight excluding hydrogens is 315 g/mol. The maximum Gasteiger partial charge on any atom is 0.222 e. The molecule has 1 aliphatic carbocycles. The largest absolute Gasteiger partial charge is 0.371 e. The molecule has 4 nitrogen and oxygen atoms in total. The third-order valence-electron chi connectivity index (χ3n) is 4.21. The summed E-state index contributed by atoms with van der Waals surface area (Å²) in [6, 6.07) is 7.30. The van der Waals surface area contributed by atoms with E-state index in [4.69, 9.17) is 11.6 Å². The lowest BCUT2D eigenvalue weighted by Gasteiger charge is -2.22. The molecule has 1 heterocycles. The highest BCUT2D eigenvalue weighted by Crippen LogP contribution is 2.46. The molecular formula is C17H16ClFN4. The summed E-state index contributed by atoms with van der Waals surface area (Å²) >= 11 is 5.83. The molecule has 1 saturated carbocycles. The summed E-state index contributed by atoms with van der Waals surface area (Å²) in [5.74, 6) is -0.340. The summed E-state index contributed by atoms with van der Waals surface area (Å²) in [4.78, 5) is 9.88. The summed E-state index contributed by atoms with van der Waals surface area (Å²) in [5.41, 5.74) is 2.28. The van der Waals surface area contributed by atoms with E-state index in [0.29, 0.717) is 23.5 Å². The van der Waals surface area contributed by atoms with Crippen LogP contribution in [0.3, 0.4) is 0 Å². The van der Waals surface area contributed by atoms with Gasteiger partial charge < -0.3 is 4.90 Å². The van der Waals surface area contributed by atoms with Gasteiger partial charge in [0.15, 0.2) is 0 Å². The van der Waals surface area contributed by atoms with Crippen LogP contribution in [0.25, 0.3) is 11.3 Å². The van der Waals surface area contributed by atoms with Crippen molar-refractivity contribution in [3.8, 4) is 17.3 Å². The van der Waals surface area contributed by atoms with Crippen molar-refractivity contribution < 1.29 is 4.39 Å². The van der Waals surface area contributed by atoms with Crippen molar-refractivity contribution in [3.63, 3.8) is 0 Å². The summed E-state index contributed by atoms with van der Waals surface area (Å²) < 4.78 is 14.5. The zero-order valence-corrected chi connectivity index (χ0v) is 13.7. The predicted octanol–water partition coefficient (Wildman–Crippen LogP) is 3.98. The molecule has 2 aromatic rings. The van der Waals surface area contributed by atoms with E-state index < -0.39 is 0 Å². The van der Waals surface area contributed by atoms with E-state index in [1.165, 1.54) is 6.07 Å². The Morgan fingerprint density at radius 1 is 1.43 bits per heavy atom. The number of nitrogens with zero attached hydrogens (tertiary/aromatic N) is 4. The standard InChI is InChI=1S/C17H16ClFN4/c1-11-8-21-16(18)22-15(11)12-3-4-14(13(19)7-12)23(2)10-17(9-20)5-6-17/h3-4,7-8H,5-6,10H2,1-2H3. The molecule has 0 bridgehead atoms. The van der Waals surface area contributed by atoms with Crippen LogP contribution in [0.4, 0.5) is 10.1 Å². The molecule has 0 amide bonds. The molecule has 1 aromatic heterocycles. The third-order valence-corrected chi connectivity index (χ3v) is 4.39. The van der Waals surface area contributed by atoms with Crippen molar-refractivity contribution in [1.29, 1.82) is 5.26 Å². The fourth-order valence-electron chi connectivity index (χ4n) is 2.67. The van der Waals surface area contributed by atoms with Crippen LogP contribution in [0, 0.1) is 29.5 Å². The molecule has 3 rings (SSSR count). The van der Waals surface area contributed by atoms with Gasteiger partial charge in [-0.25, -0.2) is 14.4 Å². The monoisotopic (exact) mass is 330 g/mol. The van der Waals surface area contributed by atoms with Crippen molar-refractivity contribution in [1.82, 2.24) is 9.97 Å². The number of rotatable bonds is 4. The van der Waals surface area contributed by atoms with Crippen LogP contribution in [0.15, 0.2) is 24.4 Å². The highest BCUT2D eigenvalue weighted by molar-refractivity contribution is 6.28. The van der Waals surface area contributed by atoms with Gasteiger partial charge in [0.2, 0.25) is 5.28 Å². The molecule has 0 saturated heterocycles. The second-order valence-electron chi connectivity index (χ2n) is 6.09. The fraction of sp³-hybridized carbons (Fsp3) is 0.353. The highest BCUT2D eigenvalue weighted by Gasteiger charge is 2.44. The molecule has 0 radical (unpaired) electrons. The van der Waals surface area contributed by atoms with Crippen LogP contribution in [-0.2, 0) is 0 Å². The second kappa shape index (κ2) is 5.78. The minimum Gasteiger partial charge on any atom is -0.371 e. The Hall–Kier alpha value is -2.19. The molecule has 1 aliphatic rings. The van der Waals surface area contributed by atoms with Gasteiger partial charge in [0, 0.05) is 25.4 Å². The second-order valence-corrected chi connectivity index (χ2v) is 6.42. The zero-order chi connectivity index (χ0) is 16.6. The lowest BCUT2D eigenvalue weighted by atomic mass is 10.1. The predicted molar refractivity (Wildman–Crippen MR) is 87.7 cm³/mol. The van der Waals surface area contributed by atoms with Crippen molar-refractivity contribution >= 4 is 17.3 Å². The van der Waals surface area contributed by atoms with Gasteiger partial charge in [0.05, 0.1) is 22.9 Å². The minimum atomic E-state index is -0.340. The van der Waals surface area contributed by atoms with Crippen LogP contribution in [0.2, 0.25) is 5.28 Å². The average Bonchev–Trinajstić information content (AvgIpc) is 3.29. The van der Waals surface area contributed by atoms with Gasteiger partial charge in [-0.05, 0) is 49.1 Å². The van der Waals surface area contributed by atoms with Crippen molar-refractivity contribution in [3.05, 3.63) is 41.1 Å². The minimum absolute atomic E-state index is 0.136. The van der Waals surface area contributed by atoms with Gasteiger partial charge in [0.25, 0.3) is 0 Å². The normalized spacial score (nSPS) is 15.1. The average molecular weight is 331 g/mol. The van der Waals surface area contributed by atoms with Crippen LogP contribution >= 0.6 is 11.6 Å². The number of benzene rings is 1. The maximum atomic E-state index is 14.5. The first-order valence-electron chi connectivity index (χ1n) is 7.36. The van der Waals surface area contributed by atoms with Gasteiger partial charge in [0.1, 0.15) is 5.82 Å². The quantitative estimate of drug-likeness (QED) is 0.795. The first-order chi connectivity index (χ1) is 10.9. The van der Waals surface area contributed by atoms with E-state index in [9.17, 15) is 9.65 Å². The van der Waals surface area contributed by atoms with Crippen LogP contribution in [0.1, 0.15) is 18.4 Å². The topological polar surface area (TPSA) is 52.8 Å². The molecule has 0 unspecified atom stereocenters. The van der Waals surface area contributed by atoms with Crippen molar-refractivity contribution in [2.45, 2.75) is 19.8 Å². The Morgan fingerprint density at radius 3 is 2.78 bits per heavy atom.